The number of hydrogen-bond acceptors (Lipinski definition) is 6. The Morgan fingerprint density at radius 1 is 1.02 bits per heavy atom. The SMILES string of the molecule is CN1CC(=O)N2[C@@H](CCC(=O)O)C(=O)N(CCOCc3ccc(F)cc3)C[C@@H]2N1C(=O)NCc1ccc(F)cc1. The quantitative estimate of drug-likeness (QED) is 0.426. The van der Waals surface area contributed by atoms with Gasteiger partial charge >= 0.3 is 12.0 Å². The van der Waals surface area contributed by atoms with Gasteiger partial charge in [-0.3, -0.25) is 14.4 Å². The molecule has 40 heavy (non-hydrogen) atoms. The summed E-state index contributed by atoms with van der Waals surface area (Å²) < 4.78 is 32.1. The van der Waals surface area contributed by atoms with Gasteiger partial charge in [-0.2, -0.15) is 0 Å². The lowest BCUT2D eigenvalue weighted by molar-refractivity contribution is -0.188. The lowest BCUT2D eigenvalue weighted by atomic mass is 10.0. The summed E-state index contributed by atoms with van der Waals surface area (Å²) in [6.07, 6.45) is -1.33. The number of nitrogens with zero attached hydrogens (tertiary/aromatic N) is 4. The largest absolute Gasteiger partial charge is 0.481 e. The van der Waals surface area contributed by atoms with Crippen LogP contribution in [0.1, 0.15) is 24.0 Å². The summed E-state index contributed by atoms with van der Waals surface area (Å²) in [7, 11) is 1.57. The first kappa shape index (κ1) is 28.9. The Labute approximate surface area is 229 Å². The van der Waals surface area contributed by atoms with Crippen molar-refractivity contribution in [1.82, 2.24) is 25.1 Å². The number of rotatable bonds is 10. The third-order valence-corrected chi connectivity index (χ3v) is 6.82. The van der Waals surface area contributed by atoms with Crippen molar-refractivity contribution in [2.24, 2.45) is 0 Å². The van der Waals surface area contributed by atoms with Gasteiger partial charge in [-0.05, 0) is 41.8 Å². The van der Waals surface area contributed by atoms with E-state index in [1.807, 2.05) is 0 Å². The van der Waals surface area contributed by atoms with Gasteiger partial charge < -0.3 is 25.0 Å². The lowest BCUT2D eigenvalue weighted by Crippen LogP contribution is -2.76. The molecular weight excluding hydrogens is 528 g/mol. The molecule has 0 spiro atoms. The van der Waals surface area contributed by atoms with Crippen LogP contribution in [0.4, 0.5) is 13.6 Å². The van der Waals surface area contributed by atoms with Gasteiger partial charge in [0.2, 0.25) is 11.8 Å². The molecule has 4 rings (SSSR count). The summed E-state index contributed by atoms with van der Waals surface area (Å²) in [5.74, 6) is -2.70. The van der Waals surface area contributed by atoms with Crippen molar-refractivity contribution in [1.29, 1.82) is 0 Å². The highest BCUT2D eigenvalue weighted by molar-refractivity contribution is 5.91. The lowest BCUT2D eigenvalue weighted by Gasteiger charge is -2.54. The molecule has 2 heterocycles. The fraction of sp³-hybridized carbons (Fsp3) is 0.407. The van der Waals surface area contributed by atoms with Crippen LogP contribution in [0.2, 0.25) is 0 Å². The van der Waals surface area contributed by atoms with E-state index < -0.39 is 41.8 Å². The smallest absolute Gasteiger partial charge is 0.334 e. The molecule has 13 heteroatoms. The summed E-state index contributed by atoms with van der Waals surface area (Å²) in [6, 6.07) is 9.87. The maximum atomic E-state index is 13.4. The second-order valence-electron chi connectivity index (χ2n) is 9.64. The number of amides is 4. The van der Waals surface area contributed by atoms with E-state index in [0.717, 1.165) is 5.56 Å². The number of likely N-dealkylation sites (N-methyl/N-ethyl adjacent to an activating group) is 1. The van der Waals surface area contributed by atoms with Crippen molar-refractivity contribution in [2.45, 2.75) is 38.2 Å². The number of urea groups is 1. The number of carbonyl (C=O) groups is 4. The predicted molar refractivity (Wildman–Crippen MR) is 137 cm³/mol. The first-order valence-electron chi connectivity index (χ1n) is 12.8. The third-order valence-electron chi connectivity index (χ3n) is 6.82. The number of piperazine rings is 1. The molecule has 0 bridgehead atoms. The van der Waals surface area contributed by atoms with Crippen molar-refractivity contribution in [3.8, 4) is 0 Å². The summed E-state index contributed by atoms with van der Waals surface area (Å²) in [6.45, 7) is 0.366. The van der Waals surface area contributed by atoms with Crippen LogP contribution in [0.3, 0.4) is 0 Å². The van der Waals surface area contributed by atoms with Crippen molar-refractivity contribution in [3.05, 3.63) is 71.3 Å². The molecule has 0 aromatic heterocycles. The standard InChI is InChI=1S/C27H31F2N5O6/c1-31-16-24(35)33-22(10-11-25(36)37)26(38)32(12-13-40-17-19-4-8-21(29)9-5-19)15-23(33)34(31)27(39)30-14-18-2-6-20(28)7-3-18/h2-9,22-23H,10-17H2,1H3,(H,30,39)(H,36,37)/t22-,23-/m0/s1. The van der Waals surface area contributed by atoms with Gasteiger partial charge in [-0.1, -0.05) is 24.3 Å². The van der Waals surface area contributed by atoms with E-state index in [-0.39, 0.29) is 58.1 Å². The van der Waals surface area contributed by atoms with Crippen LogP contribution >= 0.6 is 0 Å². The minimum atomic E-state index is -1.11. The number of fused-ring (bicyclic) bond motifs is 1. The molecule has 2 aromatic rings. The fourth-order valence-electron chi connectivity index (χ4n) is 4.85. The molecule has 0 aliphatic carbocycles. The van der Waals surface area contributed by atoms with E-state index in [0.29, 0.717) is 5.56 Å². The van der Waals surface area contributed by atoms with Gasteiger partial charge in [0, 0.05) is 26.6 Å². The minimum absolute atomic E-state index is 0.0115. The highest BCUT2D eigenvalue weighted by atomic mass is 19.1. The van der Waals surface area contributed by atoms with Gasteiger partial charge in [0.05, 0.1) is 26.3 Å². The number of hydrazine groups is 1. The zero-order valence-corrected chi connectivity index (χ0v) is 22.0. The number of halogens is 2. The Hall–Kier alpha value is -4.10. The number of aliphatic carboxylic acids is 1. The average Bonchev–Trinajstić information content (AvgIpc) is 2.91. The maximum Gasteiger partial charge on any atom is 0.334 e. The molecule has 0 radical (unpaired) electrons. The van der Waals surface area contributed by atoms with Crippen LogP contribution in [0.25, 0.3) is 0 Å². The summed E-state index contributed by atoms with van der Waals surface area (Å²) in [4.78, 5) is 53.9. The molecule has 2 aliphatic rings. The van der Waals surface area contributed by atoms with E-state index in [2.05, 4.69) is 5.32 Å². The van der Waals surface area contributed by atoms with Gasteiger partial charge in [0.1, 0.15) is 23.8 Å². The van der Waals surface area contributed by atoms with Crippen molar-refractivity contribution in [3.63, 3.8) is 0 Å². The fourth-order valence-corrected chi connectivity index (χ4v) is 4.85. The second kappa shape index (κ2) is 12.8. The number of carboxylic acids is 1. The Balaban J connectivity index is 1.48. The summed E-state index contributed by atoms with van der Waals surface area (Å²) >= 11 is 0. The van der Waals surface area contributed by atoms with E-state index in [9.17, 15) is 33.1 Å². The van der Waals surface area contributed by atoms with Gasteiger partial charge in [0.15, 0.2) is 0 Å². The molecule has 214 valence electrons. The predicted octanol–water partition coefficient (Wildman–Crippen LogP) is 1.78. The molecular formula is C27H31F2N5O6. The molecule has 0 saturated carbocycles. The molecule has 2 N–H and O–H groups in total. The molecule has 11 nitrogen and oxygen atoms in total. The van der Waals surface area contributed by atoms with Crippen LogP contribution in [0.5, 0.6) is 0 Å². The van der Waals surface area contributed by atoms with E-state index >= 15 is 0 Å². The van der Waals surface area contributed by atoms with Crippen molar-refractivity contribution in [2.75, 3.05) is 33.3 Å². The van der Waals surface area contributed by atoms with Crippen LogP contribution in [-0.2, 0) is 32.3 Å². The number of benzene rings is 2. The van der Waals surface area contributed by atoms with Crippen molar-refractivity contribution >= 4 is 23.8 Å². The first-order valence-corrected chi connectivity index (χ1v) is 12.8. The molecule has 2 saturated heterocycles. The highest BCUT2D eigenvalue weighted by Gasteiger charge is 2.50. The van der Waals surface area contributed by atoms with Gasteiger partial charge in [-0.25, -0.2) is 23.6 Å². The zero-order chi connectivity index (χ0) is 28.8. The molecule has 4 amide bonds. The number of carbonyl (C=O) groups excluding carboxylic acids is 3. The topological polar surface area (TPSA) is 123 Å². The monoisotopic (exact) mass is 559 g/mol. The molecule has 2 aliphatic heterocycles. The first-order chi connectivity index (χ1) is 19.1. The van der Waals surface area contributed by atoms with Crippen LogP contribution in [-0.4, -0.2) is 94.2 Å². The number of nitrogens with one attached hydrogen (secondary N) is 1. The number of carboxylic acid groups (broad SMARTS) is 1. The highest BCUT2D eigenvalue weighted by Crippen LogP contribution is 2.28. The molecule has 2 aromatic carbocycles. The molecule has 2 atom stereocenters. The third kappa shape index (κ3) is 6.90. The Bertz CT molecular complexity index is 1230. The average molecular weight is 560 g/mol. The van der Waals surface area contributed by atoms with E-state index in [4.69, 9.17) is 4.74 Å². The Morgan fingerprint density at radius 2 is 1.65 bits per heavy atom. The Kier molecular flexibility index (Phi) is 9.27. The summed E-state index contributed by atoms with van der Waals surface area (Å²) in [5, 5.41) is 14.8. The zero-order valence-electron chi connectivity index (χ0n) is 22.0. The molecule has 0 unspecified atom stereocenters. The minimum Gasteiger partial charge on any atom is -0.481 e. The van der Waals surface area contributed by atoms with E-state index in [1.54, 1.807) is 31.3 Å². The van der Waals surface area contributed by atoms with Gasteiger partial charge in [-0.15, -0.1) is 0 Å². The van der Waals surface area contributed by atoms with Gasteiger partial charge in [0.25, 0.3) is 0 Å². The van der Waals surface area contributed by atoms with Crippen LogP contribution in [0.15, 0.2) is 48.5 Å². The normalized spacial score (nSPS) is 19.5. The van der Waals surface area contributed by atoms with Crippen LogP contribution < -0.4 is 5.32 Å². The number of hydrogen-bond donors (Lipinski definition) is 2. The van der Waals surface area contributed by atoms with Crippen LogP contribution in [0, 0.1) is 11.6 Å². The maximum absolute atomic E-state index is 13.4. The second-order valence-corrected chi connectivity index (χ2v) is 9.64. The van der Waals surface area contributed by atoms with Crippen molar-refractivity contribution < 1.29 is 37.8 Å². The Morgan fingerprint density at radius 3 is 2.27 bits per heavy atom. The molecule has 2 fully saturated rings. The van der Waals surface area contributed by atoms with E-state index in [1.165, 1.54) is 44.1 Å². The summed E-state index contributed by atoms with van der Waals surface area (Å²) in [5.41, 5.74) is 1.42. The number of ether oxygens (including phenoxy) is 1.